The predicted octanol–water partition coefficient (Wildman–Crippen LogP) is 1.69. The van der Waals surface area contributed by atoms with Gasteiger partial charge in [0.2, 0.25) is 0 Å². The molecule has 4 nitrogen and oxygen atoms in total. The van der Waals surface area contributed by atoms with Gasteiger partial charge in [-0.2, -0.15) is 5.10 Å². The molecule has 0 atom stereocenters. The lowest BCUT2D eigenvalue weighted by Crippen LogP contribution is -2.12. The quantitative estimate of drug-likeness (QED) is 0.665. The molecule has 2 aromatic heterocycles. The lowest BCUT2D eigenvalue weighted by Gasteiger charge is -2.03. The van der Waals surface area contributed by atoms with Crippen molar-refractivity contribution in [2.24, 2.45) is 0 Å². The van der Waals surface area contributed by atoms with Gasteiger partial charge in [-0.1, -0.05) is 30.3 Å². The summed E-state index contributed by atoms with van der Waals surface area (Å²) < 4.78 is 1.79. The minimum Gasteiger partial charge on any atom is -0.295 e. The van der Waals surface area contributed by atoms with Gasteiger partial charge in [0.05, 0.1) is 0 Å². The molecule has 78 valence electrons. The molecule has 0 aliphatic rings. The van der Waals surface area contributed by atoms with Gasteiger partial charge in [-0.3, -0.25) is 9.20 Å². The van der Waals surface area contributed by atoms with Crippen molar-refractivity contribution < 1.29 is 0 Å². The van der Waals surface area contributed by atoms with Crippen molar-refractivity contribution in [1.29, 1.82) is 0 Å². The minimum atomic E-state index is -0.176. The highest BCUT2D eigenvalue weighted by Gasteiger charge is 2.06. The highest BCUT2D eigenvalue weighted by atomic mass is 16.1. The number of benzene rings is 1. The first kappa shape index (κ1) is 8.91. The van der Waals surface area contributed by atoms with Crippen molar-refractivity contribution in [2.75, 3.05) is 0 Å². The Morgan fingerprint density at radius 2 is 1.88 bits per heavy atom. The topological polar surface area (TPSA) is 50.2 Å². The second kappa shape index (κ2) is 3.34. The summed E-state index contributed by atoms with van der Waals surface area (Å²) >= 11 is 0. The molecular formula is C12H9N3O. The Bertz CT molecular complexity index is 682. The lowest BCUT2D eigenvalue weighted by molar-refractivity contribution is 0.932. The molecule has 16 heavy (non-hydrogen) atoms. The molecule has 0 radical (unpaired) electrons. The van der Waals surface area contributed by atoms with E-state index in [0.717, 1.165) is 11.4 Å². The summed E-state index contributed by atoms with van der Waals surface area (Å²) in [6.45, 7) is 0. The summed E-state index contributed by atoms with van der Waals surface area (Å²) in [5.41, 5.74) is 1.40. The number of aromatic amines is 1. The van der Waals surface area contributed by atoms with Gasteiger partial charge in [-0.25, -0.2) is 5.10 Å². The van der Waals surface area contributed by atoms with Crippen LogP contribution in [-0.2, 0) is 0 Å². The molecule has 4 heteroatoms. The number of fused-ring (bicyclic) bond motifs is 1. The summed E-state index contributed by atoms with van der Waals surface area (Å²) in [6, 6.07) is 13.3. The Balaban J connectivity index is 2.37. The first-order valence-corrected chi connectivity index (χ1v) is 4.97. The Hall–Kier alpha value is -2.36. The molecule has 0 saturated carbocycles. The molecule has 0 spiro atoms. The molecule has 2 heterocycles. The second-order valence-corrected chi connectivity index (χ2v) is 3.51. The summed E-state index contributed by atoms with van der Waals surface area (Å²) in [6.07, 6.45) is 1.83. The number of nitrogens with one attached hydrogen (secondary N) is 1. The van der Waals surface area contributed by atoms with E-state index in [9.17, 15) is 4.79 Å². The fourth-order valence-electron chi connectivity index (χ4n) is 1.76. The summed E-state index contributed by atoms with van der Waals surface area (Å²) in [5.74, 6) is 0.736. The maximum atomic E-state index is 11.5. The van der Waals surface area contributed by atoms with Crippen LogP contribution in [0.5, 0.6) is 0 Å². The third-order valence-corrected chi connectivity index (χ3v) is 2.50. The number of nitrogens with zero attached hydrogens (tertiary/aromatic N) is 2. The average molecular weight is 211 g/mol. The molecule has 3 rings (SSSR count). The van der Waals surface area contributed by atoms with Crippen LogP contribution in [0.4, 0.5) is 0 Å². The van der Waals surface area contributed by atoms with Crippen LogP contribution in [0.25, 0.3) is 16.9 Å². The standard InChI is InChI=1S/C12H9N3O/c16-12-10-7-4-8-15(10)11(13-14-12)9-5-2-1-3-6-9/h1-8H,(H,14,16). The molecule has 0 bridgehead atoms. The first-order valence-electron chi connectivity index (χ1n) is 4.97. The molecule has 1 aromatic carbocycles. The zero-order chi connectivity index (χ0) is 11.0. The average Bonchev–Trinajstić information content (AvgIpc) is 2.81. The van der Waals surface area contributed by atoms with Crippen molar-refractivity contribution in [3.63, 3.8) is 0 Å². The number of H-pyrrole nitrogens is 1. The molecule has 0 fully saturated rings. The van der Waals surface area contributed by atoms with Gasteiger partial charge in [0, 0.05) is 11.8 Å². The monoisotopic (exact) mass is 211 g/mol. The molecule has 0 aliphatic carbocycles. The van der Waals surface area contributed by atoms with Gasteiger partial charge in [0.1, 0.15) is 5.52 Å². The van der Waals surface area contributed by atoms with Crippen LogP contribution in [0.1, 0.15) is 0 Å². The first-order chi connectivity index (χ1) is 7.86. The van der Waals surface area contributed by atoms with Crippen molar-refractivity contribution >= 4 is 5.52 Å². The van der Waals surface area contributed by atoms with Crippen LogP contribution in [0.2, 0.25) is 0 Å². The molecule has 0 saturated heterocycles. The maximum Gasteiger partial charge on any atom is 0.288 e. The summed E-state index contributed by atoms with van der Waals surface area (Å²) in [5, 5.41) is 6.58. The van der Waals surface area contributed by atoms with E-state index >= 15 is 0 Å². The zero-order valence-electron chi connectivity index (χ0n) is 8.42. The Morgan fingerprint density at radius 1 is 1.06 bits per heavy atom. The second-order valence-electron chi connectivity index (χ2n) is 3.51. The van der Waals surface area contributed by atoms with Gasteiger partial charge >= 0.3 is 0 Å². The van der Waals surface area contributed by atoms with Gasteiger partial charge in [0.25, 0.3) is 5.56 Å². The van der Waals surface area contributed by atoms with E-state index in [1.54, 1.807) is 10.5 Å². The van der Waals surface area contributed by atoms with E-state index in [1.807, 2.05) is 42.6 Å². The minimum absolute atomic E-state index is 0.176. The van der Waals surface area contributed by atoms with Gasteiger partial charge in [-0.05, 0) is 12.1 Å². The summed E-state index contributed by atoms with van der Waals surface area (Å²) in [4.78, 5) is 11.5. The normalized spacial score (nSPS) is 10.8. The van der Waals surface area contributed by atoms with Crippen LogP contribution in [-0.4, -0.2) is 14.6 Å². The molecule has 3 aromatic rings. The van der Waals surface area contributed by atoms with Crippen molar-refractivity contribution in [3.05, 3.63) is 59.0 Å². The molecule has 0 amide bonds. The van der Waals surface area contributed by atoms with E-state index < -0.39 is 0 Å². The van der Waals surface area contributed by atoms with Crippen LogP contribution in [0, 0.1) is 0 Å². The lowest BCUT2D eigenvalue weighted by atomic mass is 10.2. The Morgan fingerprint density at radius 3 is 2.69 bits per heavy atom. The van der Waals surface area contributed by atoms with Crippen LogP contribution in [0.15, 0.2) is 53.5 Å². The van der Waals surface area contributed by atoms with Crippen LogP contribution in [0.3, 0.4) is 0 Å². The van der Waals surface area contributed by atoms with E-state index in [4.69, 9.17) is 0 Å². The third-order valence-electron chi connectivity index (χ3n) is 2.50. The summed E-state index contributed by atoms with van der Waals surface area (Å²) in [7, 11) is 0. The van der Waals surface area contributed by atoms with Crippen LogP contribution < -0.4 is 5.56 Å². The Labute approximate surface area is 91.2 Å². The van der Waals surface area contributed by atoms with Gasteiger partial charge in [-0.15, -0.1) is 0 Å². The SMILES string of the molecule is O=c1[nH]nc(-c2ccccc2)n2cccc12. The third kappa shape index (κ3) is 1.24. The smallest absolute Gasteiger partial charge is 0.288 e. The maximum absolute atomic E-state index is 11.5. The number of rotatable bonds is 1. The highest BCUT2D eigenvalue weighted by Crippen LogP contribution is 2.15. The largest absolute Gasteiger partial charge is 0.295 e. The van der Waals surface area contributed by atoms with Gasteiger partial charge < -0.3 is 0 Å². The van der Waals surface area contributed by atoms with E-state index in [2.05, 4.69) is 10.2 Å². The number of aromatic nitrogens is 3. The fourth-order valence-corrected chi connectivity index (χ4v) is 1.76. The van der Waals surface area contributed by atoms with Crippen molar-refractivity contribution in [3.8, 4) is 11.4 Å². The number of hydrogen-bond donors (Lipinski definition) is 1. The van der Waals surface area contributed by atoms with Crippen molar-refractivity contribution in [2.45, 2.75) is 0 Å². The van der Waals surface area contributed by atoms with E-state index in [1.165, 1.54) is 0 Å². The fraction of sp³-hybridized carbons (Fsp3) is 0. The number of hydrogen-bond acceptors (Lipinski definition) is 2. The molecule has 0 aliphatic heterocycles. The molecular weight excluding hydrogens is 202 g/mol. The highest BCUT2D eigenvalue weighted by molar-refractivity contribution is 5.60. The molecule has 0 unspecified atom stereocenters. The van der Waals surface area contributed by atoms with E-state index in [0.29, 0.717) is 5.52 Å². The molecule has 1 N–H and O–H groups in total. The van der Waals surface area contributed by atoms with Gasteiger partial charge in [0.15, 0.2) is 5.82 Å². The van der Waals surface area contributed by atoms with Crippen molar-refractivity contribution in [1.82, 2.24) is 14.6 Å². The van der Waals surface area contributed by atoms with Crippen LogP contribution >= 0.6 is 0 Å². The zero-order valence-corrected chi connectivity index (χ0v) is 8.42. The Kier molecular flexibility index (Phi) is 1.86. The van der Waals surface area contributed by atoms with E-state index in [-0.39, 0.29) is 5.56 Å². The predicted molar refractivity (Wildman–Crippen MR) is 61.2 cm³/mol.